The summed E-state index contributed by atoms with van der Waals surface area (Å²) < 4.78 is 34.7. The van der Waals surface area contributed by atoms with E-state index >= 15 is 0 Å². The van der Waals surface area contributed by atoms with Gasteiger partial charge in [-0.3, -0.25) is 9.59 Å². The molecule has 3 amide bonds. The summed E-state index contributed by atoms with van der Waals surface area (Å²) in [5.41, 5.74) is 8.50. The summed E-state index contributed by atoms with van der Waals surface area (Å²) in [6, 6.07) is 9.56. The van der Waals surface area contributed by atoms with Gasteiger partial charge in [0.05, 0.1) is 35.0 Å². The summed E-state index contributed by atoms with van der Waals surface area (Å²) in [5.74, 6) is -3.02. The number of aromatic amines is 1. The number of carbonyl (C=O) groups is 3. The fraction of sp³-hybridized carbons (Fsp3) is 0.219. The number of nitrogens with one attached hydrogen (secondary N) is 3. The Kier molecular flexibility index (Phi) is 6.81. The molecule has 2 saturated heterocycles. The molecule has 2 aliphatic rings. The zero-order chi connectivity index (χ0) is 32.3. The van der Waals surface area contributed by atoms with Crippen LogP contribution in [0.2, 0.25) is 0 Å². The predicted molar refractivity (Wildman–Crippen MR) is 164 cm³/mol. The largest absolute Gasteiger partial charge is 0.433 e. The zero-order valence-corrected chi connectivity index (χ0v) is 24.8. The van der Waals surface area contributed by atoms with Gasteiger partial charge >= 0.3 is 6.03 Å². The molecule has 0 radical (unpaired) electrons. The molecular weight excluding hydrogens is 598 g/mol. The second kappa shape index (κ2) is 10.8. The summed E-state index contributed by atoms with van der Waals surface area (Å²) in [5, 5.41) is 11.1. The van der Waals surface area contributed by atoms with Crippen LogP contribution in [0.5, 0.6) is 11.6 Å². The number of benzene rings is 2. The fourth-order valence-corrected chi connectivity index (χ4v) is 6.03. The average molecular weight is 627 g/mol. The second-order valence-corrected chi connectivity index (χ2v) is 11.5. The van der Waals surface area contributed by atoms with Crippen molar-refractivity contribution in [3.05, 3.63) is 88.9 Å². The maximum Gasteiger partial charge on any atom is 0.329 e. The molecule has 46 heavy (non-hydrogen) atoms. The zero-order valence-electron chi connectivity index (χ0n) is 24.8. The Balaban J connectivity index is 1.15. The third kappa shape index (κ3) is 4.65. The summed E-state index contributed by atoms with van der Waals surface area (Å²) in [4.78, 5) is 48.5. The molecular formula is C32H28F2N8O4. The molecule has 2 fully saturated rings. The highest BCUT2D eigenvalue weighted by Gasteiger charge is 2.52. The number of ketones is 1. The summed E-state index contributed by atoms with van der Waals surface area (Å²) >= 11 is 0. The van der Waals surface area contributed by atoms with Gasteiger partial charge in [0, 0.05) is 17.0 Å². The van der Waals surface area contributed by atoms with Gasteiger partial charge < -0.3 is 26.1 Å². The number of nitrogens with two attached hydrogens (primary N) is 1. The highest BCUT2D eigenvalue weighted by atomic mass is 19.1. The van der Waals surface area contributed by atoms with Gasteiger partial charge in [-0.1, -0.05) is 6.07 Å². The molecule has 5 heterocycles. The van der Waals surface area contributed by atoms with E-state index in [1.807, 2.05) is 6.07 Å². The first-order valence-corrected chi connectivity index (χ1v) is 14.5. The van der Waals surface area contributed by atoms with Crippen LogP contribution in [0.1, 0.15) is 40.0 Å². The lowest BCUT2D eigenvalue weighted by atomic mass is 9.88. The van der Waals surface area contributed by atoms with Crippen molar-refractivity contribution in [1.82, 2.24) is 30.4 Å². The molecule has 1 spiro atoms. The molecule has 14 heteroatoms. The number of halogens is 2. The maximum atomic E-state index is 14.0. The van der Waals surface area contributed by atoms with Gasteiger partial charge in [0.25, 0.3) is 5.91 Å². The van der Waals surface area contributed by atoms with E-state index in [1.54, 1.807) is 26.0 Å². The number of nitrogens with zero attached hydrogens (tertiary/aromatic N) is 4. The number of piperidine rings is 1. The fourth-order valence-electron chi connectivity index (χ4n) is 6.03. The quantitative estimate of drug-likeness (QED) is 0.159. The van der Waals surface area contributed by atoms with Crippen molar-refractivity contribution in [3.63, 3.8) is 0 Å². The Hall–Kier alpha value is -5.63. The van der Waals surface area contributed by atoms with E-state index in [-0.39, 0.29) is 28.9 Å². The Morgan fingerprint density at radius 1 is 1.00 bits per heavy atom. The van der Waals surface area contributed by atoms with Gasteiger partial charge in [-0.05, 0) is 81.2 Å². The molecule has 0 aliphatic carbocycles. The van der Waals surface area contributed by atoms with Crippen LogP contribution in [-0.4, -0.2) is 56.1 Å². The summed E-state index contributed by atoms with van der Waals surface area (Å²) in [6.07, 6.45) is 3.72. The molecule has 0 saturated carbocycles. The SMILES string of the molecule is Cc1cc2cc(C(=O)c3cnn(-c4cnc(Oc5c(F)cccc5F)cc4C)c3N)[nH]c2cc1N1C(=O)NC2(CCNCC2)C1=O. The molecule has 5 aromatic rings. The number of carbonyl (C=O) groups excluding carboxylic acids is 3. The molecule has 0 atom stereocenters. The van der Waals surface area contributed by atoms with Gasteiger partial charge in [-0.25, -0.2) is 28.1 Å². The lowest BCUT2D eigenvalue weighted by Gasteiger charge is -2.31. The van der Waals surface area contributed by atoms with Gasteiger partial charge in [0.15, 0.2) is 11.6 Å². The third-order valence-corrected chi connectivity index (χ3v) is 8.50. The van der Waals surface area contributed by atoms with E-state index in [9.17, 15) is 23.2 Å². The van der Waals surface area contributed by atoms with Crippen LogP contribution in [0, 0.1) is 25.5 Å². The van der Waals surface area contributed by atoms with Crippen LogP contribution < -0.4 is 26.0 Å². The number of aryl methyl sites for hydroxylation is 2. The Labute approximate surface area is 260 Å². The number of fused-ring (bicyclic) bond motifs is 1. The number of hydrogen-bond donors (Lipinski definition) is 4. The van der Waals surface area contributed by atoms with E-state index in [4.69, 9.17) is 10.5 Å². The Morgan fingerprint density at radius 2 is 1.72 bits per heavy atom. The first kappa shape index (κ1) is 29.1. The smallest absolute Gasteiger partial charge is 0.329 e. The molecule has 2 aliphatic heterocycles. The van der Waals surface area contributed by atoms with Gasteiger partial charge in [-0.2, -0.15) is 5.10 Å². The van der Waals surface area contributed by atoms with Gasteiger partial charge in [-0.15, -0.1) is 0 Å². The molecule has 0 bridgehead atoms. The van der Waals surface area contributed by atoms with Crippen molar-refractivity contribution in [1.29, 1.82) is 0 Å². The number of amides is 3. The van der Waals surface area contributed by atoms with Crippen molar-refractivity contribution in [3.8, 4) is 17.3 Å². The van der Waals surface area contributed by atoms with Crippen molar-refractivity contribution < 1.29 is 27.9 Å². The monoisotopic (exact) mass is 626 g/mol. The molecule has 2 aromatic carbocycles. The van der Waals surface area contributed by atoms with E-state index in [2.05, 4.69) is 25.7 Å². The normalized spacial score (nSPS) is 16.0. The molecule has 3 aromatic heterocycles. The van der Waals surface area contributed by atoms with E-state index in [0.29, 0.717) is 59.3 Å². The summed E-state index contributed by atoms with van der Waals surface area (Å²) in [6.45, 7) is 4.78. The minimum atomic E-state index is -0.919. The number of aromatic nitrogens is 4. The second-order valence-electron chi connectivity index (χ2n) is 11.5. The Morgan fingerprint density at radius 3 is 2.43 bits per heavy atom. The topological polar surface area (TPSA) is 160 Å². The lowest BCUT2D eigenvalue weighted by Crippen LogP contribution is -2.53. The highest BCUT2D eigenvalue weighted by Crippen LogP contribution is 2.35. The number of urea groups is 1. The van der Waals surface area contributed by atoms with Crippen molar-refractivity contribution in [2.75, 3.05) is 23.7 Å². The number of pyridine rings is 1. The molecule has 234 valence electrons. The minimum Gasteiger partial charge on any atom is -0.433 e. The van der Waals surface area contributed by atoms with Gasteiger partial charge in [0.1, 0.15) is 11.4 Å². The molecule has 7 rings (SSSR count). The highest BCUT2D eigenvalue weighted by molar-refractivity contribution is 6.24. The van der Waals surface area contributed by atoms with Crippen molar-refractivity contribution in [2.24, 2.45) is 0 Å². The van der Waals surface area contributed by atoms with Crippen LogP contribution in [0.15, 0.2) is 54.9 Å². The lowest BCUT2D eigenvalue weighted by molar-refractivity contribution is -0.122. The number of imide groups is 1. The van der Waals surface area contributed by atoms with Crippen LogP contribution in [0.4, 0.5) is 25.1 Å². The van der Waals surface area contributed by atoms with E-state index in [1.165, 1.54) is 34.1 Å². The first-order chi connectivity index (χ1) is 22.1. The first-order valence-electron chi connectivity index (χ1n) is 14.5. The average Bonchev–Trinajstić information content (AvgIpc) is 3.68. The van der Waals surface area contributed by atoms with E-state index in [0.717, 1.165) is 12.1 Å². The summed E-state index contributed by atoms with van der Waals surface area (Å²) in [7, 11) is 0. The molecule has 0 unspecified atom stereocenters. The number of rotatable bonds is 6. The van der Waals surface area contributed by atoms with Crippen molar-refractivity contribution >= 4 is 40.1 Å². The maximum absolute atomic E-state index is 14.0. The standard InChI is InChI=1S/C32H28F2N8O4/c1-16-10-18-12-23(39-22(18)13-24(16)41-30(44)32(40-31(41)45)6-8-36-9-7-32)27(43)19-14-38-42(29(19)35)25-15-37-26(11-17(25)2)46-28-20(33)4-3-5-21(28)34/h3-5,10-15,36,39H,6-9,35H2,1-2H3,(H,40,45). The molecule has 5 N–H and O–H groups in total. The number of para-hydroxylation sites is 1. The Bertz CT molecular complexity index is 2060. The number of H-pyrrole nitrogens is 1. The van der Waals surface area contributed by atoms with Crippen molar-refractivity contribution in [2.45, 2.75) is 32.2 Å². The third-order valence-electron chi connectivity index (χ3n) is 8.50. The van der Waals surface area contributed by atoms with Crippen LogP contribution in [0.25, 0.3) is 16.6 Å². The predicted octanol–water partition coefficient (Wildman–Crippen LogP) is 4.43. The van der Waals surface area contributed by atoms with E-state index < -0.39 is 34.7 Å². The van der Waals surface area contributed by atoms with Crippen LogP contribution in [0.3, 0.4) is 0 Å². The number of hydrogen-bond acceptors (Lipinski definition) is 8. The number of nitrogen functional groups attached to an aromatic ring is 1. The van der Waals surface area contributed by atoms with Gasteiger partial charge in [0.2, 0.25) is 17.4 Å². The van der Waals surface area contributed by atoms with Crippen LogP contribution in [-0.2, 0) is 4.79 Å². The number of ether oxygens (including phenoxy) is 1. The minimum absolute atomic E-state index is 0.0426. The number of anilines is 2. The molecule has 12 nitrogen and oxygen atoms in total. The van der Waals surface area contributed by atoms with Crippen LogP contribution >= 0.6 is 0 Å².